The minimum absolute atomic E-state index is 0.0285. The lowest BCUT2D eigenvalue weighted by atomic mass is 10.1. The van der Waals surface area contributed by atoms with Crippen molar-refractivity contribution in [3.05, 3.63) is 64.4 Å². The molecule has 1 saturated heterocycles. The Morgan fingerprint density at radius 2 is 1.82 bits per heavy atom. The largest absolute Gasteiger partial charge is 0.495 e. The molecule has 0 unspecified atom stereocenters. The SMILES string of the molecule is COc1c(C(=O)Nc2cccc(N3CCN(I)CC3)c2)c(=O)n(CC(C)C)c2ccccc12. The molecule has 2 aromatic carbocycles. The van der Waals surface area contributed by atoms with Crippen LogP contribution in [0.25, 0.3) is 10.9 Å². The van der Waals surface area contributed by atoms with E-state index in [9.17, 15) is 9.59 Å². The van der Waals surface area contributed by atoms with Gasteiger partial charge in [0.15, 0.2) is 0 Å². The van der Waals surface area contributed by atoms with Crippen LogP contribution in [0.3, 0.4) is 0 Å². The molecule has 1 aliphatic heterocycles. The number of hydrogen-bond acceptors (Lipinski definition) is 5. The molecule has 4 rings (SSSR count). The van der Waals surface area contributed by atoms with Crippen molar-refractivity contribution in [1.82, 2.24) is 7.68 Å². The van der Waals surface area contributed by atoms with Gasteiger partial charge in [0, 0.05) is 72.3 Å². The normalized spacial score (nSPS) is 14.6. The van der Waals surface area contributed by atoms with Crippen molar-refractivity contribution in [2.45, 2.75) is 20.4 Å². The van der Waals surface area contributed by atoms with Gasteiger partial charge in [0.2, 0.25) is 0 Å². The predicted molar refractivity (Wildman–Crippen MR) is 142 cm³/mol. The molecule has 0 aliphatic carbocycles. The summed E-state index contributed by atoms with van der Waals surface area (Å²) < 4.78 is 9.55. The number of amides is 1. The van der Waals surface area contributed by atoms with Crippen LogP contribution in [-0.4, -0.2) is 46.9 Å². The smallest absolute Gasteiger partial charge is 0.267 e. The third-order valence-corrected chi connectivity index (χ3v) is 6.76. The Bertz CT molecular complexity index is 1220. The van der Waals surface area contributed by atoms with Crippen LogP contribution in [-0.2, 0) is 6.54 Å². The van der Waals surface area contributed by atoms with E-state index in [4.69, 9.17) is 4.74 Å². The monoisotopic (exact) mass is 560 g/mol. The zero-order valence-electron chi connectivity index (χ0n) is 19.2. The first-order chi connectivity index (χ1) is 15.9. The summed E-state index contributed by atoms with van der Waals surface area (Å²) in [5, 5.41) is 3.68. The number of halogens is 1. The van der Waals surface area contributed by atoms with Crippen molar-refractivity contribution in [3.63, 3.8) is 0 Å². The summed E-state index contributed by atoms with van der Waals surface area (Å²) in [6.45, 7) is 8.45. The number of pyridine rings is 1. The van der Waals surface area contributed by atoms with Crippen LogP contribution >= 0.6 is 22.9 Å². The van der Waals surface area contributed by atoms with Gasteiger partial charge < -0.3 is 19.5 Å². The molecule has 0 spiro atoms. The quantitative estimate of drug-likeness (QED) is 0.358. The number of ether oxygens (including phenoxy) is 1. The van der Waals surface area contributed by atoms with Gasteiger partial charge in [-0.15, -0.1) is 0 Å². The first-order valence-corrected chi connectivity index (χ1v) is 12.1. The summed E-state index contributed by atoms with van der Waals surface area (Å²) in [4.78, 5) is 29.2. The summed E-state index contributed by atoms with van der Waals surface area (Å²) in [6, 6.07) is 15.3. The Morgan fingerprint density at radius 3 is 2.52 bits per heavy atom. The molecular formula is C25H29IN4O3. The number of fused-ring (bicyclic) bond motifs is 1. The topological polar surface area (TPSA) is 66.8 Å². The second kappa shape index (κ2) is 10.1. The molecule has 1 amide bonds. The van der Waals surface area contributed by atoms with Crippen molar-refractivity contribution >= 4 is 51.0 Å². The molecule has 3 aromatic rings. The molecule has 1 aromatic heterocycles. The molecule has 33 heavy (non-hydrogen) atoms. The molecule has 0 bridgehead atoms. The van der Waals surface area contributed by atoms with Gasteiger partial charge >= 0.3 is 0 Å². The van der Waals surface area contributed by atoms with Crippen LogP contribution in [0.2, 0.25) is 0 Å². The predicted octanol–water partition coefficient (Wildman–Crippen LogP) is 4.39. The lowest BCUT2D eigenvalue weighted by Gasteiger charge is -2.33. The summed E-state index contributed by atoms with van der Waals surface area (Å²) in [5.41, 5.74) is 2.16. The Labute approximate surface area is 207 Å². The number of rotatable bonds is 6. The van der Waals surface area contributed by atoms with Crippen molar-refractivity contribution in [2.24, 2.45) is 5.92 Å². The Hall–Kier alpha value is -2.59. The third-order valence-electron chi connectivity index (χ3n) is 5.80. The number of hydrogen-bond donors (Lipinski definition) is 1. The zero-order valence-corrected chi connectivity index (χ0v) is 21.3. The average molecular weight is 560 g/mol. The van der Waals surface area contributed by atoms with Gasteiger partial charge in [-0.05, 0) is 36.2 Å². The number of nitrogens with one attached hydrogen (secondary N) is 1. The standard InChI is InChI=1S/C25H29IN4O3/c1-17(2)16-30-21-10-5-4-9-20(21)23(33-3)22(25(30)32)24(31)27-18-7-6-8-19(15-18)28-11-13-29(26)14-12-28/h4-10,15,17H,11-14,16H2,1-3H3,(H,27,31). The van der Waals surface area contributed by atoms with Crippen LogP contribution in [0.5, 0.6) is 5.75 Å². The first-order valence-electron chi connectivity index (χ1n) is 11.2. The van der Waals surface area contributed by atoms with Gasteiger partial charge in [-0.1, -0.05) is 32.0 Å². The fraction of sp³-hybridized carbons (Fsp3) is 0.360. The van der Waals surface area contributed by atoms with E-state index in [1.807, 2.05) is 48.5 Å². The molecule has 2 heterocycles. The molecule has 8 heteroatoms. The van der Waals surface area contributed by atoms with E-state index < -0.39 is 5.91 Å². The second-order valence-corrected chi connectivity index (χ2v) is 10.0. The summed E-state index contributed by atoms with van der Waals surface area (Å²) in [7, 11) is 1.50. The van der Waals surface area contributed by atoms with Crippen LogP contribution in [0.1, 0.15) is 24.2 Å². The Balaban J connectivity index is 1.71. The maximum atomic E-state index is 13.5. The van der Waals surface area contributed by atoms with Crippen molar-refractivity contribution in [3.8, 4) is 5.75 Å². The number of carbonyl (C=O) groups is 1. The number of benzene rings is 2. The number of carbonyl (C=O) groups excluding carboxylic acids is 1. The molecule has 0 atom stereocenters. The fourth-order valence-electron chi connectivity index (χ4n) is 4.25. The minimum atomic E-state index is -0.464. The molecule has 1 aliphatic rings. The van der Waals surface area contributed by atoms with E-state index in [0.717, 1.165) is 42.8 Å². The molecule has 7 nitrogen and oxygen atoms in total. The lowest BCUT2D eigenvalue weighted by molar-refractivity contribution is 0.102. The van der Waals surface area contributed by atoms with Crippen LogP contribution in [0.4, 0.5) is 11.4 Å². The molecule has 174 valence electrons. The maximum Gasteiger partial charge on any atom is 0.267 e. The van der Waals surface area contributed by atoms with Crippen LogP contribution in [0, 0.1) is 5.92 Å². The van der Waals surface area contributed by atoms with Gasteiger partial charge in [-0.25, -0.2) is 3.11 Å². The van der Waals surface area contributed by atoms with Crippen LogP contribution in [0.15, 0.2) is 53.3 Å². The Kier molecular flexibility index (Phi) is 7.23. The highest BCUT2D eigenvalue weighted by atomic mass is 127. The van der Waals surface area contributed by atoms with Gasteiger partial charge in [-0.3, -0.25) is 9.59 Å². The van der Waals surface area contributed by atoms with E-state index in [1.54, 1.807) is 4.57 Å². The van der Waals surface area contributed by atoms with Crippen molar-refractivity contribution in [1.29, 1.82) is 0 Å². The summed E-state index contributed by atoms with van der Waals surface area (Å²) in [5.74, 6) is 0.0897. The summed E-state index contributed by atoms with van der Waals surface area (Å²) in [6.07, 6.45) is 0. The van der Waals surface area contributed by atoms with Gasteiger partial charge in [0.25, 0.3) is 11.5 Å². The fourth-order valence-corrected chi connectivity index (χ4v) is 4.68. The van der Waals surface area contributed by atoms with Crippen molar-refractivity contribution < 1.29 is 9.53 Å². The molecular weight excluding hydrogens is 531 g/mol. The maximum absolute atomic E-state index is 13.5. The van der Waals surface area contributed by atoms with Gasteiger partial charge in [0.05, 0.1) is 12.6 Å². The number of methoxy groups -OCH3 is 1. The molecule has 0 saturated carbocycles. The van der Waals surface area contributed by atoms with E-state index >= 15 is 0 Å². The first kappa shape index (κ1) is 23.6. The highest BCUT2D eigenvalue weighted by Gasteiger charge is 2.24. The average Bonchev–Trinajstić information content (AvgIpc) is 2.80. The molecule has 0 radical (unpaired) electrons. The molecule has 1 N–H and O–H groups in total. The zero-order chi connectivity index (χ0) is 23.5. The highest BCUT2D eigenvalue weighted by Crippen LogP contribution is 2.29. The van der Waals surface area contributed by atoms with E-state index in [2.05, 4.69) is 50.0 Å². The van der Waals surface area contributed by atoms with E-state index in [1.165, 1.54) is 7.11 Å². The second-order valence-electron chi connectivity index (χ2n) is 8.64. The number of aromatic nitrogens is 1. The third kappa shape index (κ3) is 5.01. The highest BCUT2D eigenvalue weighted by molar-refractivity contribution is 14.1. The Morgan fingerprint density at radius 1 is 1.09 bits per heavy atom. The van der Waals surface area contributed by atoms with Crippen molar-refractivity contribution in [2.75, 3.05) is 43.5 Å². The minimum Gasteiger partial charge on any atom is -0.495 e. The molecule has 1 fully saturated rings. The number of para-hydroxylation sites is 1. The lowest BCUT2D eigenvalue weighted by Crippen LogP contribution is -2.42. The van der Waals surface area contributed by atoms with Gasteiger partial charge in [-0.2, -0.15) is 0 Å². The van der Waals surface area contributed by atoms with Gasteiger partial charge in [0.1, 0.15) is 11.3 Å². The van der Waals surface area contributed by atoms with Crippen LogP contribution < -0.4 is 20.5 Å². The van der Waals surface area contributed by atoms with E-state index in [-0.39, 0.29) is 17.0 Å². The number of anilines is 2. The number of nitrogens with zero attached hydrogens (tertiary/aromatic N) is 3. The van der Waals surface area contributed by atoms with E-state index in [0.29, 0.717) is 18.0 Å². The summed E-state index contributed by atoms with van der Waals surface area (Å²) >= 11 is 2.35. The number of piperazine rings is 1.